The molecule has 2 aliphatic rings. The van der Waals surface area contributed by atoms with E-state index in [0.717, 1.165) is 154 Å². The van der Waals surface area contributed by atoms with E-state index in [2.05, 4.69) is 32.6 Å². The highest BCUT2D eigenvalue weighted by Gasteiger charge is 2.38. The van der Waals surface area contributed by atoms with E-state index < -0.39 is 29.9 Å². The molecule has 0 spiro atoms. The summed E-state index contributed by atoms with van der Waals surface area (Å²) in [5.41, 5.74) is 0. The van der Waals surface area contributed by atoms with Crippen LogP contribution in [0.1, 0.15) is 252 Å². The Kier molecular flexibility index (Phi) is 40.7. The lowest BCUT2D eigenvalue weighted by Crippen LogP contribution is -2.41. The van der Waals surface area contributed by atoms with Crippen molar-refractivity contribution in [2.45, 2.75) is 258 Å². The van der Waals surface area contributed by atoms with Crippen molar-refractivity contribution in [3.05, 3.63) is 0 Å². The van der Waals surface area contributed by atoms with Crippen LogP contribution in [0.5, 0.6) is 0 Å². The van der Waals surface area contributed by atoms with Gasteiger partial charge in [0.1, 0.15) is 19.0 Å². The second kappa shape index (κ2) is 45.3. The fraction of sp³-hybridized carbons (Fsp3) is 0.883. The molecule has 0 aromatic heterocycles. The molecule has 1 amide bonds. The first kappa shape index (κ1) is 67.4. The summed E-state index contributed by atoms with van der Waals surface area (Å²) < 4.78 is 34.2. The van der Waals surface area contributed by atoms with Gasteiger partial charge in [0.05, 0.1) is 38.9 Å². The quantitative estimate of drug-likeness (QED) is 0.0319. The van der Waals surface area contributed by atoms with Gasteiger partial charge in [-0.05, 0) is 64.0 Å². The third-order valence-corrected chi connectivity index (χ3v) is 14.6. The minimum Gasteiger partial charge on any atom is -0.465 e. The highest BCUT2D eigenvalue weighted by molar-refractivity contribution is 5.79. The number of likely N-dealkylation sites (tertiary alicyclic amines) is 2. The second-order valence-corrected chi connectivity index (χ2v) is 21.8. The summed E-state index contributed by atoms with van der Waals surface area (Å²) in [7, 11) is 0. The highest BCUT2D eigenvalue weighted by Crippen LogP contribution is 2.29. The molecule has 2 fully saturated rings. The van der Waals surface area contributed by atoms with E-state index in [0.29, 0.717) is 25.8 Å². The van der Waals surface area contributed by atoms with Crippen LogP contribution in [0.2, 0.25) is 0 Å². The number of amides is 1. The number of ether oxygens (including phenoxy) is 6. The van der Waals surface area contributed by atoms with E-state index in [9.17, 15) is 33.6 Å². The lowest BCUT2D eigenvalue weighted by molar-refractivity contribution is -0.155. The topological polar surface area (TPSA) is 181 Å². The first-order valence-corrected chi connectivity index (χ1v) is 30.4. The Morgan fingerprint density at radius 1 is 0.440 bits per heavy atom. The highest BCUT2D eigenvalue weighted by atomic mass is 16.6. The van der Waals surface area contributed by atoms with Crippen LogP contribution in [0.3, 0.4) is 0 Å². The number of hydrogen-bond donors (Lipinski definition) is 0. The van der Waals surface area contributed by atoms with Crippen molar-refractivity contribution < 1.29 is 62.0 Å². The summed E-state index contributed by atoms with van der Waals surface area (Å²) in [6, 6.07) is -0.570. The van der Waals surface area contributed by atoms with E-state index in [1.165, 1.54) is 32.1 Å². The van der Waals surface area contributed by atoms with Crippen LogP contribution in [0.25, 0.3) is 0 Å². The zero-order chi connectivity index (χ0) is 54.6. The normalized spacial score (nSPS) is 15.8. The maximum absolute atomic E-state index is 13.9. The summed E-state index contributed by atoms with van der Waals surface area (Å²) >= 11 is 0. The number of Topliss-reactive ketones (excluding diaryl/α,β-unsaturated/α-hetero) is 1. The van der Waals surface area contributed by atoms with E-state index in [-0.39, 0.29) is 114 Å². The Labute approximate surface area is 454 Å². The van der Waals surface area contributed by atoms with Crippen molar-refractivity contribution in [3.63, 3.8) is 0 Å². The maximum Gasteiger partial charge on any atom is 0.410 e. The average molecular weight is 1060 g/mol. The first-order chi connectivity index (χ1) is 36.5. The molecule has 434 valence electrons. The van der Waals surface area contributed by atoms with Crippen LogP contribution in [0, 0.1) is 17.8 Å². The average Bonchev–Trinajstić information content (AvgIpc) is 3.81. The fourth-order valence-electron chi connectivity index (χ4n) is 9.94. The number of esters is 5. The number of piperidine rings is 1. The summed E-state index contributed by atoms with van der Waals surface area (Å²) in [6.07, 6.45) is 29.1. The number of hydrogen-bond acceptors (Lipinski definition) is 14. The molecule has 15 nitrogen and oxygen atoms in total. The van der Waals surface area contributed by atoms with E-state index in [1.54, 1.807) is 4.90 Å². The number of carbonyl (C=O) groups excluding carboxylic acids is 7. The lowest BCUT2D eigenvalue weighted by Gasteiger charge is -2.27. The molecule has 0 bridgehead atoms. The molecule has 75 heavy (non-hydrogen) atoms. The first-order valence-electron chi connectivity index (χ1n) is 30.4. The molecule has 0 aromatic carbocycles. The van der Waals surface area contributed by atoms with Gasteiger partial charge in [0.15, 0.2) is 0 Å². The monoisotopic (exact) mass is 1060 g/mol. The second-order valence-electron chi connectivity index (χ2n) is 21.8. The van der Waals surface area contributed by atoms with E-state index in [4.69, 9.17) is 28.4 Å². The number of ketones is 1. The number of unbranched alkanes of at least 4 members (excludes halogenated alkanes) is 20. The molecule has 2 rings (SSSR count). The Bertz CT molecular complexity index is 1470. The molecular formula is C60H106N2O13. The van der Waals surface area contributed by atoms with E-state index in [1.807, 2.05) is 0 Å². The summed E-state index contributed by atoms with van der Waals surface area (Å²) in [6.45, 7) is 11.2. The Morgan fingerprint density at radius 2 is 0.827 bits per heavy atom. The van der Waals surface area contributed by atoms with Crippen LogP contribution in [-0.4, -0.2) is 123 Å². The minimum atomic E-state index is -0.623. The van der Waals surface area contributed by atoms with Crippen LogP contribution < -0.4 is 0 Å². The van der Waals surface area contributed by atoms with Gasteiger partial charge >= 0.3 is 35.9 Å². The van der Waals surface area contributed by atoms with Gasteiger partial charge in [-0.25, -0.2) is 4.79 Å². The van der Waals surface area contributed by atoms with Crippen molar-refractivity contribution in [2.75, 3.05) is 65.8 Å². The molecule has 2 saturated heterocycles. The van der Waals surface area contributed by atoms with Gasteiger partial charge in [-0.15, -0.1) is 0 Å². The fourth-order valence-corrected chi connectivity index (χ4v) is 9.94. The van der Waals surface area contributed by atoms with Crippen molar-refractivity contribution in [1.82, 2.24) is 9.80 Å². The molecule has 2 aliphatic heterocycles. The van der Waals surface area contributed by atoms with Crippen LogP contribution in [0.4, 0.5) is 4.79 Å². The largest absolute Gasteiger partial charge is 0.465 e. The summed E-state index contributed by atoms with van der Waals surface area (Å²) in [5.74, 6) is -3.49. The number of nitrogens with zero attached hydrogens (tertiary/aromatic N) is 2. The molecule has 0 saturated carbocycles. The van der Waals surface area contributed by atoms with Crippen LogP contribution in [-0.2, 0) is 57.2 Å². The van der Waals surface area contributed by atoms with Crippen molar-refractivity contribution in [1.29, 1.82) is 0 Å². The number of rotatable bonds is 47. The molecule has 0 aliphatic carbocycles. The van der Waals surface area contributed by atoms with Gasteiger partial charge in [-0.3, -0.25) is 33.7 Å². The standard InChI is InChI=1S/C60H106N2O13/c1-5-9-13-17-21-26-32-55(64)71-45-51(46-72-56(65)33-27-22-18-14-10-6-2)42-54(63)41-50-40-53(62(44-50)60(69)70-39-38-61-36-30-25-31-37-61)49-75-59(68)43-52(47-73-57(66)34-28-23-19-15-11-7-3)48-74-58(67)35-29-24-20-16-12-8-4/h50-53H,5-49H2,1-4H3/t50-,53-/m1/s1. The molecule has 15 heteroatoms. The van der Waals surface area contributed by atoms with Gasteiger partial charge in [-0.1, -0.05) is 163 Å². The molecule has 2 heterocycles. The lowest BCUT2D eigenvalue weighted by atomic mass is 9.94. The molecule has 0 aromatic rings. The van der Waals surface area contributed by atoms with E-state index >= 15 is 0 Å². The van der Waals surface area contributed by atoms with Crippen molar-refractivity contribution in [2.24, 2.45) is 17.8 Å². The molecule has 0 radical (unpaired) electrons. The zero-order valence-corrected chi connectivity index (χ0v) is 47.8. The van der Waals surface area contributed by atoms with Gasteiger partial charge in [-0.2, -0.15) is 0 Å². The Hall–Kier alpha value is -3.75. The summed E-state index contributed by atoms with van der Waals surface area (Å²) in [5, 5.41) is 0. The zero-order valence-electron chi connectivity index (χ0n) is 47.8. The van der Waals surface area contributed by atoms with Gasteiger partial charge in [0, 0.05) is 63.5 Å². The molecule has 0 N–H and O–H groups in total. The Morgan fingerprint density at radius 3 is 1.24 bits per heavy atom. The summed E-state index contributed by atoms with van der Waals surface area (Å²) in [4.78, 5) is 96.1. The smallest absolute Gasteiger partial charge is 0.410 e. The predicted molar refractivity (Wildman–Crippen MR) is 293 cm³/mol. The Balaban J connectivity index is 2.11. The van der Waals surface area contributed by atoms with Gasteiger partial charge in [0.25, 0.3) is 0 Å². The van der Waals surface area contributed by atoms with Crippen molar-refractivity contribution >= 4 is 41.7 Å². The minimum absolute atomic E-state index is 0.0273. The molecule has 2 atom stereocenters. The van der Waals surface area contributed by atoms with Crippen LogP contribution in [0.15, 0.2) is 0 Å². The maximum atomic E-state index is 13.9. The number of carbonyl (C=O) groups is 7. The van der Waals surface area contributed by atoms with Gasteiger partial charge in [0.2, 0.25) is 0 Å². The predicted octanol–water partition coefficient (Wildman–Crippen LogP) is 13.0. The molecule has 0 unspecified atom stereocenters. The SMILES string of the molecule is CCCCCCCCC(=O)OCC(COC(=O)CCCCCCCC)CC(=O)C[C@H]1C[C@H](COC(=O)CC(COC(=O)CCCCCCCC)COC(=O)CCCCCCCC)N(C(=O)OCCN2CCCCC2)C1. The van der Waals surface area contributed by atoms with Gasteiger partial charge < -0.3 is 33.3 Å². The third-order valence-electron chi connectivity index (χ3n) is 14.6. The van der Waals surface area contributed by atoms with Crippen molar-refractivity contribution in [3.8, 4) is 0 Å². The van der Waals surface area contributed by atoms with Crippen LogP contribution >= 0.6 is 0 Å². The molecular weight excluding hydrogens is 957 g/mol. The third kappa shape index (κ3) is 36.1.